The molecule has 1 saturated heterocycles. The summed E-state index contributed by atoms with van der Waals surface area (Å²) in [6.07, 6.45) is 0.837. The topological polar surface area (TPSA) is 83.5 Å². The summed E-state index contributed by atoms with van der Waals surface area (Å²) >= 11 is 5.78. The number of methoxy groups -OCH3 is 1. The molecule has 9 heteroatoms. The maximum absolute atomic E-state index is 12.9. The Hall–Kier alpha value is -3.59. The van der Waals surface area contributed by atoms with Crippen molar-refractivity contribution in [3.8, 4) is 11.5 Å². The van der Waals surface area contributed by atoms with Crippen LogP contribution in [-0.2, 0) is 27.4 Å². The fraction of sp³-hybridized carbons (Fsp3) is 0.444. The van der Waals surface area contributed by atoms with Crippen LogP contribution >= 0.6 is 11.6 Å². The molecule has 0 N–H and O–H groups in total. The lowest BCUT2D eigenvalue weighted by atomic mass is 9.87. The lowest BCUT2D eigenvalue weighted by molar-refractivity contribution is -0.0359. The smallest absolute Gasteiger partial charge is 0.410 e. The van der Waals surface area contributed by atoms with E-state index in [9.17, 15) is 9.59 Å². The number of aryl methyl sites for hydroxylation is 1. The van der Waals surface area contributed by atoms with Gasteiger partial charge in [-0.25, -0.2) is 4.79 Å². The molecule has 45 heavy (non-hydrogen) atoms. The average molecular weight is 638 g/mol. The van der Waals surface area contributed by atoms with E-state index in [1.54, 1.807) is 18.1 Å². The predicted octanol–water partition coefficient (Wildman–Crippen LogP) is 7.68. The summed E-state index contributed by atoms with van der Waals surface area (Å²) in [7, 11) is 1.66. The summed E-state index contributed by atoms with van der Waals surface area (Å²) in [5.74, 6) is 1.66. The molecule has 1 heterocycles. The standard InChI is InChI=1S/C36H44ClNO7/c1-25-11-12-26(21-31(25)34(37)39)23-44-33-22-38(35(40)45-36(2,3)4)18-17-30(33)27-13-15-29(16-14-27)43-20-8-19-42-24-28-9-6-7-10-32(28)41-5/h6-7,9-16,21,30,33H,8,17-20,22-24H2,1-5H3. The monoisotopic (exact) mass is 637 g/mol. The molecule has 0 spiro atoms. The maximum Gasteiger partial charge on any atom is 0.410 e. The van der Waals surface area contributed by atoms with E-state index in [2.05, 4.69) is 12.1 Å². The number of rotatable bonds is 13. The summed E-state index contributed by atoms with van der Waals surface area (Å²) < 4.78 is 29.2. The van der Waals surface area contributed by atoms with Gasteiger partial charge in [0.05, 0.1) is 46.2 Å². The maximum atomic E-state index is 12.9. The third kappa shape index (κ3) is 10.2. The number of nitrogens with zero attached hydrogens (tertiary/aromatic N) is 1. The molecule has 3 aromatic rings. The molecular weight excluding hydrogens is 594 g/mol. The number of carbonyl (C=O) groups is 2. The third-order valence-corrected chi connectivity index (χ3v) is 7.85. The lowest BCUT2D eigenvalue weighted by Gasteiger charge is -2.39. The first-order chi connectivity index (χ1) is 21.5. The number of hydrogen-bond donors (Lipinski definition) is 0. The fourth-order valence-electron chi connectivity index (χ4n) is 5.30. The first-order valence-corrected chi connectivity index (χ1v) is 15.7. The third-order valence-electron chi connectivity index (χ3n) is 7.65. The molecule has 2 atom stereocenters. The van der Waals surface area contributed by atoms with Crippen molar-refractivity contribution < 1.29 is 33.3 Å². The van der Waals surface area contributed by atoms with Crippen molar-refractivity contribution in [2.45, 2.75) is 71.4 Å². The van der Waals surface area contributed by atoms with E-state index >= 15 is 0 Å². The van der Waals surface area contributed by atoms with Gasteiger partial charge in [-0.1, -0.05) is 42.5 Å². The van der Waals surface area contributed by atoms with Gasteiger partial charge in [0.2, 0.25) is 0 Å². The minimum atomic E-state index is -0.589. The van der Waals surface area contributed by atoms with E-state index in [1.807, 2.05) is 76.2 Å². The van der Waals surface area contributed by atoms with E-state index in [1.165, 1.54) is 0 Å². The molecule has 0 bridgehead atoms. The Morgan fingerprint density at radius 1 is 0.978 bits per heavy atom. The molecule has 4 rings (SSSR count). The van der Waals surface area contributed by atoms with Crippen LogP contribution in [0.15, 0.2) is 66.7 Å². The highest BCUT2D eigenvalue weighted by atomic mass is 35.5. The minimum absolute atomic E-state index is 0.0562. The number of halogens is 1. The quantitative estimate of drug-likeness (QED) is 0.140. The van der Waals surface area contributed by atoms with Gasteiger partial charge in [0.1, 0.15) is 17.1 Å². The molecule has 0 aliphatic carbocycles. The van der Waals surface area contributed by atoms with Gasteiger partial charge in [0.15, 0.2) is 0 Å². The zero-order chi connectivity index (χ0) is 32.4. The molecule has 1 fully saturated rings. The minimum Gasteiger partial charge on any atom is -0.496 e. The number of piperidine rings is 1. The van der Waals surface area contributed by atoms with Crippen LogP contribution in [-0.4, -0.2) is 61.4 Å². The zero-order valence-corrected chi connectivity index (χ0v) is 27.6. The first-order valence-electron chi connectivity index (χ1n) is 15.4. The molecule has 0 radical (unpaired) electrons. The molecule has 8 nitrogen and oxygen atoms in total. The van der Waals surface area contributed by atoms with Gasteiger partial charge in [0.25, 0.3) is 5.24 Å². The fourth-order valence-corrected chi connectivity index (χ4v) is 5.50. The second-order valence-electron chi connectivity index (χ2n) is 12.2. The molecule has 0 saturated carbocycles. The Labute approximate surface area is 271 Å². The Morgan fingerprint density at radius 3 is 2.44 bits per heavy atom. The number of ether oxygens (including phenoxy) is 5. The van der Waals surface area contributed by atoms with Crippen LogP contribution in [0.25, 0.3) is 0 Å². The molecule has 242 valence electrons. The van der Waals surface area contributed by atoms with E-state index in [0.29, 0.717) is 44.9 Å². The highest BCUT2D eigenvalue weighted by Gasteiger charge is 2.35. The second kappa shape index (κ2) is 16.1. The van der Waals surface area contributed by atoms with Crippen LogP contribution in [0, 0.1) is 6.92 Å². The Kier molecular flexibility index (Phi) is 12.3. The van der Waals surface area contributed by atoms with Crippen molar-refractivity contribution in [2.24, 2.45) is 0 Å². The Bertz CT molecular complexity index is 1420. The van der Waals surface area contributed by atoms with Gasteiger partial charge < -0.3 is 28.6 Å². The molecule has 1 aliphatic heterocycles. The van der Waals surface area contributed by atoms with Gasteiger partial charge in [-0.3, -0.25) is 4.79 Å². The summed E-state index contributed by atoms with van der Waals surface area (Å²) in [6.45, 7) is 10.3. The zero-order valence-electron chi connectivity index (χ0n) is 26.8. The predicted molar refractivity (Wildman–Crippen MR) is 174 cm³/mol. The molecule has 3 aromatic carbocycles. The summed E-state index contributed by atoms with van der Waals surface area (Å²) in [5.41, 5.74) is 3.66. The van der Waals surface area contributed by atoms with Crippen LogP contribution in [0.5, 0.6) is 11.5 Å². The van der Waals surface area contributed by atoms with Crippen LogP contribution in [0.2, 0.25) is 0 Å². The van der Waals surface area contributed by atoms with Crippen LogP contribution < -0.4 is 9.47 Å². The van der Waals surface area contributed by atoms with E-state index in [0.717, 1.165) is 40.2 Å². The van der Waals surface area contributed by atoms with Crippen LogP contribution in [0.3, 0.4) is 0 Å². The number of amides is 1. The number of hydrogen-bond acceptors (Lipinski definition) is 7. The van der Waals surface area contributed by atoms with Crippen LogP contribution in [0.1, 0.15) is 72.1 Å². The summed E-state index contributed by atoms with van der Waals surface area (Å²) in [4.78, 5) is 26.5. The number of carbonyl (C=O) groups excluding carboxylic acids is 2. The van der Waals surface area contributed by atoms with Crippen molar-refractivity contribution in [3.05, 3.63) is 94.5 Å². The normalized spacial score (nSPS) is 16.7. The molecule has 1 amide bonds. The second-order valence-corrected chi connectivity index (χ2v) is 12.6. The van der Waals surface area contributed by atoms with Crippen molar-refractivity contribution in [3.63, 3.8) is 0 Å². The van der Waals surface area contributed by atoms with E-state index in [-0.39, 0.29) is 24.7 Å². The van der Waals surface area contributed by atoms with Gasteiger partial charge in [-0.05, 0) is 86.7 Å². The lowest BCUT2D eigenvalue weighted by Crippen LogP contribution is -2.48. The average Bonchev–Trinajstić information content (AvgIpc) is 3.01. The van der Waals surface area contributed by atoms with E-state index in [4.69, 9.17) is 35.3 Å². The van der Waals surface area contributed by atoms with Crippen molar-refractivity contribution in [2.75, 3.05) is 33.4 Å². The van der Waals surface area contributed by atoms with Gasteiger partial charge in [-0.15, -0.1) is 0 Å². The van der Waals surface area contributed by atoms with Crippen molar-refractivity contribution in [1.29, 1.82) is 0 Å². The molecular formula is C36H44ClNO7. The van der Waals surface area contributed by atoms with Gasteiger partial charge in [-0.2, -0.15) is 0 Å². The molecule has 2 unspecified atom stereocenters. The highest BCUT2D eigenvalue weighted by Crippen LogP contribution is 2.33. The van der Waals surface area contributed by atoms with E-state index < -0.39 is 10.8 Å². The highest BCUT2D eigenvalue weighted by molar-refractivity contribution is 6.67. The number of benzene rings is 3. The largest absolute Gasteiger partial charge is 0.496 e. The molecule has 1 aliphatic rings. The van der Waals surface area contributed by atoms with Crippen molar-refractivity contribution >= 4 is 22.9 Å². The van der Waals surface area contributed by atoms with Gasteiger partial charge in [0, 0.05) is 30.0 Å². The number of para-hydroxylation sites is 1. The van der Waals surface area contributed by atoms with Crippen molar-refractivity contribution in [1.82, 2.24) is 4.90 Å². The Balaban J connectivity index is 1.35. The summed E-state index contributed by atoms with van der Waals surface area (Å²) in [5, 5.41) is -0.497. The Morgan fingerprint density at radius 2 is 1.73 bits per heavy atom. The first kappa shape index (κ1) is 34.3. The van der Waals surface area contributed by atoms with Gasteiger partial charge >= 0.3 is 6.09 Å². The SMILES string of the molecule is COc1ccccc1COCCCOc1ccc(C2CCN(C(=O)OC(C)(C)C)CC2OCc2ccc(C)c(C(=O)Cl)c2)cc1. The number of likely N-dealkylation sites (tertiary alicyclic amines) is 1. The molecule has 0 aromatic heterocycles. The van der Waals surface area contributed by atoms with Crippen LogP contribution in [0.4, 0.5) is 4.79 Å². The summed E-state index contributed by atoms with van der Waals surface area (Å²) in [6, 6.07) is 21.5.